The lowest BCUT2D eigenvalue weighted by Crippen LogP contribution is -2.03. The van der Waals surface area contributed by atoms with Gasteiger partial charge >= 0.3 is 5.97 Å². The summed E-state index contributed by atoms with van der Waals surface area (Å²) in [6.07, 6.45) is 3.54. The molecule has 21 heavy (non-hydrogen) atoms. The number of ether oxygens (including phenoxy) is 1. The number of rotatable bonds is 4. The third kappa shape index (κ3) is 2.83. The van der Waals surface area contributed by atoms with E-state index in [1.165, 1.54) is 6.07 Å². The Bertz CT molecular complexity index is 814. The van der Waals surface area contributed by atoms with Gasteiger partial charge in [-0.1, -0.05) is 23.7 Å². The van der Waals surface area contributed by atoms with E-state index in [0.29, 0.717) is 16.5 Å². The first-order valence-electron chi connectivity index (χ1n) is 6.22. The van der Waals surface area contributed by atoms with Crippen molar-refractivity contribution in [3.63, 3.8) is 0 Å². The molecule has 0 spiro atoms. The molecule has 0 saturated carbocycles. The smallest absolute Gasteiger partial charge is 0.339 e. The minimum atomic E-state index is -1.02. The van der Waals surface area contributed by atoms with E-state index in [2.05, 4.69) is 4.98 Å². The van der Waals surface area contributed by atoms with Crippen molar-refractivity contribution in [2.45, 2.75) is 6.61 Å². The maximum absolute atomic E-state index is 11.1. The molecule has 0 aliphatic carbocycles. The number of nitrogens with zero attached hydrogens (tertiary/aromatic N) is 2. The Kier molecular flexibility index (Phi) is 3.50. The summed E-state index contributed by atoms with van der Waals surface area (Å²) in [5, 5.41) is 9.71. The van der Waals surface area contributed by atoms with Crippen LogP contribution in [0.4, 0.5) is 0 Å². The molecule has 2 heterocycles. The number of carboxylic acid groups (broad SMARTS) is 1. The molecule has 1 N–H and O–H groups in total. The molecule has 3 aromatic rings. The van der Waals surface area contributed by atoms with Crippen LogP contribution in [-0.4, -0.2) is 20.5 Å². The van der Waals surface area contributed by atoms with E-state index in [-0.39, 0.29) is 12.2 Å². The minimum absolute atomic E-state index is 0.129. The number of aromatic nitrogens is 2. The molecule has 1 aromatic carbocycles. The number of benzene rings is 1. The molecule has 0 aliphatic rings. The number of pyridine rings is 1. The summed E-state index contributed by atoms with van der Waals surface area (Å²) in [4.78, 5) is 15.5. The van der Waals surface area contributed by atoms with Crippen molar-refractivity contribution in [2.75, 3.05) is 0 Å². The highest BCUT2D eigenvalue weighted by Gasteiger charge is 2.11. The summed E-state index contributed by atoms with van der Waals surface area (Å²) in [5.41, 5.74) is 1.58. The van der Waals surface area contributed by atoms with Crippen LogP contribution >= 0.6 is 11.6 Å². The van der Waals surface area contributed by atoms with Crippen LogP contribution in [0.3, 0.4) is 0 Å². The average Bonchev–Trinajstić information content (AvgIpc) is 2.87. The highest BCUT2D eigenvalue weighted by molar-refractivity contribution is 6.30. The predicted octanol–water partition coefficient (Wildman–Crippen LogP) is 3.26. The molecule has 5 nitrogen and oxygen atoms in total. The fourth-order valence-corrected chi connectivity index (χ4v) is 2.18. The molecule has 0 saturated heterocycles. The predicted molar refractivity (Wildman–Crippen MR) is 77.9 cm³/mol. The number of halogens is 1. The maximum atomic E-state index is 11.1. The zero-order valence-corrected chi connectivity index (χ0v) is 11.6. The van der Waals surface area contributed by atoms with Crippen LogP contribution < -0.4 is 4.74 Å². The zero-order chi connectivity index (χ0) is 14.8. The summed E-state index contributed by atoms with van der Waals surface area (Å²) in [5.74, 6) is -0.701. The number of para-hydroxylation sites is 1. The largest absolute Gasteiger partial charge is 0.486 e. The molecule has 0 atom stereocenters. The third-order valence-electron chi connectivity index (χ3n) is 2.96. The second kappa shape index (κ2) is 5.46. The minimum Gasteiger partial charge on any atom is -0.486 e. The van der Waals surface area contributed by atoms with E-state index < -0.39 is 5.97 Å². The zero-order valence-electron chi connectivity index (χ0n) is 10.9. The number of imidazole rings is 1. The first kappa shape index (κ1) is 13.5. The Hall–Kier alpha value is -2.53. The lowest BCUT2D eigenvalue weighted by Gasteiger charge is -2.06. The molecular weight excluding hydrogens is 292 g/mol. The Morgan fingerprint density at radius 2 is 2.05 bits per heavy atom. The van der Waals surface area contributed by atoms with E-state index in [1.54, 1.807) is 47.1 Å². The van der Waals surface area contributed by atoms with Crippen LogP contribution in [0.15, 0.2) is 48.8 Å². The van der Waals surface area contributed by atoms with Gasteiger partial charge in [0.1, 0.15) is 23.6 Å². The number of hydrogen-bond donors (Lipinski definition) is 1. The van der Waals surface area contributed by atoms with Crippen molar-refractivity contribution in [1.29, 1.82) is 0 Å². The van der Waals surface area contributed by atoms with Gasteiger partial charge in [0, 0.05) is 12.4 Å². The van der Waals surface area contributed by atoms with Gasteiger partial charge in [-0.05, 0) is 24.3 Å². The van der Waals surface area contributed by atoms with Gasteiger partial charge in [0.15, 0.2) is 0 Å². The average molecular weight is 303 g/mol. The molecule has 106 valence electrons. The lowest BCUT2D eigenvalue weighted by atomic mass is 10.2. The molecular formula is C15H11ClN2O3. The van der Waals surface area contributed by atoms with Gasteiger partial charge in [-0.3, -0.25) is 0 Å². The van der Waals surface area contributed by atoms with E-state index >= 15 is 0 Å². The number of carbonyl (C=O) groups is 1. The monoisotopic (exact) mass is 302 g/mol. The molecule has 0 aliphatic heterocycles. The number of hydrogen-bond acceptors (Lipinski definition) is 3. The molecule has 0 amide bonds. The fourth-order valence-electron chi connectivity index (χ4n) is 2.01. The lowest BCUT2D eigenvalue weighted by molar-refractivity contribution is 0.0691. The van der Waals surface area contributed by atoms with Crippen LogP contribution in [0.25, 0.3) is 5.65 Å². The van der Waals surface area contributed by atoms with Gasteiger partial charge in [-0.2, -0.15) is 0 Å². The number of aromatic carboxylic acids is 1. The summed E-state index contributed by atoms with van der Waals surface area (Å²) >= 11 is 5.91. The van der Waals surface area contributed by atoms with Crippen molar-refractivity contribution in [3.8, 4) is 5.75 Å². The van der Waals surface area contributed by atoms with Gasteiger partial charge in [-0.15, -0.1) is 0 Å². The van der Waals surface area contributed by atoms with Crippen LogP contribution in [0, 0.1) is 0 Å². The van der Waals surface area contributed by atoms with Crippen molar-refractivity contribution in [1.82, 2.24) is 9.38 Å². The van der Waals surface area contributed by atoms with Gasteiger partial charge in [0.2, 0.25) is 0 Å². The number of fused-ring (bicyclic) bond motifs is 1. The summed E-state index contributed by atoms with van der Waals surface area (Å²) in [6, 6.07) is 10.1. The molecule has 3 rings (SSSR count). The topological polar surface area (TPSA) is 63.8 Å². The quantitative estimate of drug-likeness (QED) is 0.803. The van der Waals surface area contributed by atoms with E-state index in [1.807, 2.05) is 0 Å². The van der Waals surface area contributed by atoms with E-state index in [4.69, 9.17) is 21.4 Å². The molecule has 0 unspecified atom stereocenters. The Balaban J connectivity index is 1.82. The highest BCUT2D eigenvalue weighted by Crippen LogP contribution is 2.19. The van der Waals surface area contributed by atoms with Crippen LogP contribution in [0.5, 0.6) is 5.75 Å². The fraction of sp³-hybridized carbons (Fsp3) is 0.0667. The van der Waals surface area contributed by atoms with Gasteiger partial charge in [0.25, 0.3) is 0 Å². The van der Waals surface area contributed by atoms with Gasteiger partial charge in [-0.25, -0.2) is 9.78 Å². The van der Waals surface area contributed by atoms with Gasteiger partial charge < -0.3 is 14.2 Å². The Morgan fingerprint density at radius 3 is 2.86 bits per heavy atom. The summed E-state index contributed by atoms with van der Waals surface area (Å²) in [6.45, 7) is 0.184. The van der Waals surface area contributed by atoms with Crippen LogP contribution in [-0.2, 0) is 6.61 Å². The molecule has 0 fully saturated rings. The second-order valence-electron chi connectivity index (χ2n) is 4.44. The molecule has 2 aromatic heterocycles. The first-order chi connectivity index (χ1) is 10.1. The Labute approximate surface area is 125 Å². The SMILES string of the molecule is O=C(O)c1ccccc1OCc1cn2cc(Cl)ccc2n1. The van der Waals surface area contributed by atoms with Crippen molar-refractivity contribution >= 4 is 23.2 Å². The highest BCUT2D eigenvalue weighted by atomic mass is 35.5. The molecule has 0 bridgehead atoms. The van der Waals surface area contributed by atoms with E-state index in [9.17, 15) is 4.79 Å². The maximum Gasteiger partial charge on any atom is 0.339 e. The number of carboxylic acids is 1. The first-order valence-corrected chi connectivity index (χ1v) is 6.59. The van der Waals surface area contributed by atoms with E-state index in [0.717, 1.165) is 5.65 Å². The van der Waals surface area contributed by atoms with Crippen molar-refractivity contribution in [2.24, 2.45) is 0 Å². The van der Waals surface area contributed by atoms with Crippen molar-refractivity contribution in [3.05, 3.63) is 65.1 Å². The molecule has 0 radical (unpaired) electrons. The second-order valence-corrected chi connectivity index (χ2v) is 4.87. The standard InChI is InChI=1S/C15H11ClN2O3/c16-10-5-6-14-17-11(8-18(14)7-10)9-21-13-4-2-1-3-12(13)15(19)20/h1-8H,9H2,(H,19,20). The Morgan fingerprint density at radius 1 is 1.24 bits per heavy atom. The van der Waals surface area contributed by atoms with Crippen LogP contribution in [0.1, 0.15) is 16.1 Å². The van der Waals surface area contributed by atoms with Crippen LogP contribution in [0.2, 0.25) is 5.02 Å². The normalized spacial score (nSPS) is 10.7. The van der Waals surface area contributed by atoms with Crippen molar-refractivity contribution < 1.29 is 14.6 Å². The molecule has 6 heteroatoms. The third-order valence-corrected chi connectivity index (χ3v) is 3.18. The summed E-state index contributed by atoms with van der Waals surface area (Å²) < 4.78 is 7.35. The summed E-state index contributed by atoms with van der Waals surface area (Å²) in [7, 11) is 0. The van der Waals surface area contributed by atoms with Gasteiger partial charge in [0.05, 0.1) is 10.7 Å².